The van der Waals surface area contributed by atoms with Crippen molar-refractivity contribution in [1.82, 2.24) is 9.97 Å². The third kappa shape index (κ3) is 4.12. The molecule has 0 aliphatic carbocycles. The van der Waals surface area contributed by atoms with Crippen LogP contribution in [-0.2, 0) is 0 Å². The number of carbonyl (C=O) groups is 1. The average molecular weight is 354 g/mol. The first kappa shape index (κ1) is 18.2. The topological polar surface area (TPSA) is 67.4 Å². The number of nitrogens with one attached hydrogen (secondary N) is 1. The predicted molar refractivity (Wildman–Crippen MR) is 103 cm³/mol. The minimum atomic E-state index is -0.230. The van der Waals surface area contributed by atoms with Crippen molar-refractivity contribution in [2.24, 2.45) is 0 Å². The van der Waals surface area contributed by atoms with Crippen molar-refractivity contribution in [2.75, 3.05) is 23.9 Å². The third-order valence-corrected chi connectivity index (χ3v) is 4.78. The van der Waals surface area contributed by atoms with Crippen molar-refractivity contribution in [1.29, 1.82) is 0 Å². The monoisotopic (exact) mass is 354 g/mol. The lowest BCUT2D eigenvalue weighted by Gasteiger charge is -2.35. The van der Waals surface area contributed by atoms with Gasteiger partial charge in [0.25, 0.3) is 5.91 Å². The Labute approximate surface area is 154 Å². The van der Waals surface area contributed by atoms with Gasteiger partial charge in [-0.1, -0.05) is 6.92 Å². The van der Waals surface area contributed by atoms with Crippen LogP contribution >= 0.6 is 0 Å². The van der Waals surface area contributed by atoms with Gasteiger partial charge in [-0.2, -0.15) is 0 Å². The molecular weight excluding hydrogens is 328 g/mol. The summed E-state index contributed by atoms with van der Waals surface area (Å²) in [6.45, 7) is 5.04. The SMILES string of the molecule is CCC1CCCCN1c1nc(C)cc(C(=O)Nc2ccc(OC)cc2)n1. The van der Waals surface area contributed by atoms with E-state index in [0.29, 0.717) is 23.4 Å². The Morgan fingerprint density at radius 1 is 1.27 bits per heavy atom. The van der Waals surface area contributed by atoms with Gasteiger partial charge in [0, 0.05) is 24.0 Å². The van der Waals surface area contributed by atoms with Crippen LogP contribution in [0.25, 0.3) is 0 Å². The van der Waals surface area contributed by atoms with Crippen LogP contribution < -0.4 is 15.0 Å². The Morgan fingerprint density at radius 3 is 2.73 bits per heavy atom. The first-order valence-electron chi connectivity index (χ1n) is 9.18. The van der Waals surface area contributed by atoms with E-state index in [1.807, 2.05) is 31.2 Å². The number of carbonyl (C=O) groups excluding carboxylic acids is 1. The van der Waals surface area contributed by atoms with Crippen molar-refractivity contribution in [2.45, 2.75) is 45.6 Å². The van der Waals surface area contributed by atoms with Crippen LogP contribution in [-0.4, -0.2) is 35.6 Å². The second-order valence-corrected chi connectivity index (χ2v) is 6.63. The van der Waals surface area contributed by atoms with Crippen LogP contribution in [0, 0.1) is 6.92 Å². The average Bonchev–Trinajstić information content (AvgIpc) is 2.68. The molecule has 6 heteroatoms. The maximum Gasteiger partial charge on any atom is 0.274 e. The van der Waals surface area contributed by atoms with Crippen LogP contribution in [0.3, 0.4) is 0 Å². The Balaban J connectivity index is 1.80. The van der Waals surface area contributed by atoms with E-state index in [1.165, 1.54) is 6.42 Å². The van der Waals surface area contributed by atoms with Gasteiger partial charge in [-0.3, -0.25) is 4.79 Å². The van der Waals surface area contributed by atoms with E-state index in [1.54, 1.807) is 13.2 Å². The molecule has 0 spiro atoms. The normalized spacial score (nSPS) is 17.0. The molecule has 6 nitrogen and oxygen atoms in total. The van der Waals surface area contributed by atoms with Gasteiger partial charge in [0.2, 0.25) is 5.95 Å². The van der Waals surface area contributed by atoms with E-state index >= 15 is 0 Å². The summed E-state index contributed by atoms with van der Waals surface area (Å²) < 4.78 is 5.14. The molecule has 1 N–H and O–H groups in total. The molecule has 1 aliphatic heterocycles. The fourth-order valence-electron chi connectivity index (χ4n) is 3.36. The molecule has 138 valence electrons. The molecule has 26 heavy (non-hydrogen) atoms. The number of hydrogen-bond donors (Lipinski definition) is 1. The molecule has 1 aromatic carbocycles. The van der Waals surface area contributed by atoms with Gasteiger partial charge in [-0.15, -0.1) is 0 Å². The van der Waals surface area contributed by atoms with Gasteiger partial charge >= 0.3 is 0 Å². The number of nitrogens with zero attached hydrogens (tertiary/aromatic N) is 3. The Bertz CT molecular complexity index is 761. The standard InChI is InChI=1S/C20H26N4O2/c1-4-16-7-5-6-12-24(16)20-21-14(2)13-18(23-20)19(25)22-15-8-10-17(26-3)11-9-15/h8-11,13,16H,4-7,12H2,1-3H3,(H,22,25). The van der Waals surface area contributed by atoms with Gasteiger partial charge in [0.1, 0.15) is 11.4 Å². The molecule has 0 radical (unpaired) electrons. The molecule has 2 heterocycles. The molecule has 3 rings (SSSR count). The van der Waals surface area contributed by atoms with Gasteiger partial charge in [-0.25, -0.2) is 9.97 Å². The number of rotatable bonds is 5. The lowest BCUT2D eigenvalue weighted by Crippen LogP contribution is -2.40. The maximum absolute atomic E-state index is 12.7. The van der Waals surface area contributed by atoms with Crippen molar-refractivity contribution < 1.29 is 9.53 Å². The van der Waals surface area contributed by atoms with Crippen LogP contribution in [0.2, 0.25) is 0 Å². The molecule has 1 fully saturated rings. The number of ether oxygens (including phenoxy) is 1. The largest absolute Gasteiger partial charge is 0.497 e. The fraction of sp³-hybridized carbons (Fsp3) is 0.450. The molecule has 0 bridgehead atoms. The van der Waals surface area contributed by atoms with Crippen LogP contribution in [0.4, 0.5) is 11.6 Å². The minimum Gasteiger partial charge on any atom is -0.497 e. The van der Waals surface area contributed by atoms with E-state index in [-0.39, 0.29) is 5.91 Å². The highest BCUT2D eigenvalue weighted by molar-refractivity contribution is 6.03. The lowest BCUT2D eigenvalue weighted by molar-refractivity contribution is 0.102. The Hall–Kier alpha value is -2.63. The van der Waals surface area contributed by atoms with Crippen molar-refractivity contribution in [3.8, 4) is 5.75 Å². The number of amides is 1. The number of hydrogen-bond acceptors (Lipinski definition) is 5. The number of benzene rings is 1. The van der Waals surface area contributed by atoms with Gasteiger partial charge in [-0.05, 0) is 62.9 Å². The van der Waals surface area contributed by atoms with Crippen molar-refractivity contribution in [3.63, 3.8) is 0 Å². The Morgan fingerprint density at radius 2 is 2.04 bits per heavy atom. The first-order chi connectivity index (χ1) is 12.6. The quantitative estimate of drug-likeness (QED) is 0.884. The summed E-state index contributed by atoms with van der Waals surface area (Å²) in [5, 5.41) is 2.89. The van der Waals surface area contributed by atoms with Gasteiger partial charge < -0.3 is 15.0 Å². The number of methoxy groups -OCH3 is 1. The Kier molecular flexibility index (Phi) is 5.71. The fourth-order valence-corrected chi connectivity index (χ4v) is 3.36. The third-order valence-electron chi connectivity index (χ3n) is 4.78. The highest BCUT2D eigenvalue weighted by Crippen LogP contribution is 2.24. The van der Waals surface area contributed by atoms with Gasteiger partial charge in [0.15, 0.2) is 0 Å². The second-order valence-electron chi connectivity index (χ2n) is 6.63. The molecule has 0 saturated carbocycles. The summed E-state index contributed by atoms with van der Waals surface area (Å²) in [5.74, 6) is 1.18. The number of piperidine rings is 1. The maximum atomic E-state index is 12.7. The van der Waals surface area contributed by atoms with E-state index in [9.17, 15) is 4.79 Å². The van der Waals surface area contributed by atoms with E-state index in [2.05, 4.69) is 27.1 Å². The van der Waals surface area contributed by atoms with Crippen LogP contribution in [0.15, 0.2) is 30.3 Å². The van der Waals surface area contributed by atoms with Crippen LogP contribution in [0.1, 0.15) is 48.8 Å². The lowest BCUT2D eigenvalue weighted by atomic mass is 10.0. The first-order valence-corrected chi connectivity index (χ1v) is 9.18. The number of anilines is 2. The summed E-state index contributed by atoms with van der Waals surface area (Å²) in [6.07, 6.45) is 4.60. The molecule has 2 aromatic rings. The highest BCUT2D eigenvalue weighted by atomic mass is 16.5. The predicted octanol–water partition coefficient (Wildman–Crippen LogP) is 3.81. The van der Waals surface area contributed by atoms with Crippen LogP contribution in [0.5, 0.6) is 5.75 Å². The zero-order chi connectivity index (χ0) is 18.5. The zero-order valence-corrected chi connectivity index (χ0v) is 15.7. The van der Waals surface area contributed by atoms with E-state index in [4.69, 9.17) is 4.74 Å². The minimum absolute atomic E-state index is 0.230. The van der Waals surface area contributed by atoms with Crippen molar-refractivity contribution in [3.05, 3.63) is 41.7 Å². The summed E-state index contributed by atoms with van der Waals surface area (Å²) in [7, 11) is 1.61. The van der Waals surface area contributed by atoms with Gasteiger partial charge in [0.05, 0.1) is 7.11 Å². The molecular formula is C20H26N4O2. The highest BCUT2D eigenvalue weighted by Gasteiger charge is 2.24. The summed E-state index contributed by atoms with van der Waals surface area (Å²) >= 11 is 0. The zero-order valence-electron chi connectivity index (χ0n) is 15.7. The summed E-state index contributed by atoms with van der Waals surface area (Å²) in [6, 6.07) is 9.42. The smallest absolute Gasteiger partial charge is 0.274 e. The second kappa shape index (κ2) is 8.17. The van der Waals surface area contributed by atoms with E-state index in [0.717, 1.165) is 37.3 Å². The molecule has 1 aliphatic rings. The molecule has 1 unspecified atom stereocenters. The molecule has 1 saturated heterocycles. The van der Waals surface area contributed by atoms with E-state index < -0.39 is 0 Å². The molecule has 1 aromatic heterocycles. The summed E-state index contributed by atoms with van der Waals surface area (Å²) in [4.78, 5) is 24.1. The molecule has 1 atom stereocenters. The number of aromatic nitrogens is 2. The van der Waals surface area contributed by atoms with Crippen molar-refractivity contribution >= 4 is 17.5 Å². The summed E-state index contributed by atoms with van der Waals surface area (Å²) in [5.41, 5.74) is 1.90. The molecule has 1 amide bonds. The number of aryl methyl sites for hydroxylation is 1.